The predicted octanol–water partition coefficient (Wildman–Crippen LogP) is 2.72. The van der Waals surface area contributed by atoms with E-state index >= 15 is 0 Å². The van der Waals surface area contributed by atoms with Crippen LogP contribution in [0.2, 0.25) is 0 Å². The maximum absolute atomic E-state index is 11.1. The fraction of sp³-hybridized carbons (Fsp3) is 0.333. The van der Waals surface area contributed by atoms with Crippen molar-refractivity contribution in [1.29, 1.82) is 0 Å². The molecule has 0 unspecified atom stereocenters. The molecular formula is C12H14N2O2S. The number of rotatable bonds is 4. The molecule has 0 atom stereocenters. The molecule has 0 saturated heterocycles. The van der Waals surface area contributed by atoms with Gasteiger partial charge in [-0.2, -0.15) is 0 Å². The highest BCUT2D eigenvalue weighted by Crippen LogP contribution is 2.26. The molecule has 1 N–H and O–H groups in total. The second kappa shape index (κ2) is 4.33. The topological polar surface area (TPSA) is 55.1 Å². The number of carboxylic acids is 1. The molecule has 17 heavy (non-hydrogen) atoms. The van der Waals surface area contributed by atoms with Crippen LogP contribution in [0.5, 0.6) is 0 Å². The fourth-order valence-electron chi connectivity index (χ4n) is 1.56. The lowest BCUT2D eigenvalue weighted by molar-refractivity contribution is -0.147. The average Bonchev–Trinajstić information content (AvgIpc) is 2.85. The molecule has 0 fully saturated rings. The Morgan fingerprint density at radius 2 is 2.35 bits per heavy atom. The quantitative estimate of drug-likeness (QED) is 0.907. The summed E-state index contributed by atoms with van der Waals surface area (Å²) < 4.78 is 1.89. The first kappa shape index (κ1) is 11.9. The Balaban J connectivity index is 2.30. The van der Waals surface area contributed by atoms with Crippen molar-refractivity contribution in [2.45, 2.75) is 20.4 Å². The number of thiophene rings is 1. The summed E-state index contributed by atoms with van der Waals surface area (Å²) in [6.45, 7) is 3.84. The van der Waals surface area contributed by atoms with Gasteiger partial charge >= 0.3 is 5.97 Å². The lowest BCUT2D eigenvalue weighted by Gasteiger charge is -2.20. The monoisotopic (exact) mass is 250 g/mol. The number of carboxylic acid groups (broad SMARTS) is 1. The van der Waals surface area contributed by atoms with Crippen molar-refractivity contribution in [3.8, 4) is 10.7 Å². The summed E-state index contributed by atoms with van der Waals surface area (Å²) in [5.74, 6) is 0.0256. The molecule has 2 aromatic heterocycles. The predicted molar refractivity (Wildman–Crippen MR) is 67.0 cm³/mol. The van der Waals surface area contributed by atoms with Crippen molar-refractivity contribution in [3.63, 3.8) is 0 Å². The van der Waals surface area contributed by atoms with Crippen LogP contribution >= 0.6 is 11.3 Å². The summed E-state index contributed by atoms with van der Waals surface area (Å²) in [6, 6.07) is 3.94. The van der Waals surface area contributed by atoms with Crippen LogP contribution < -0.4 is 0 Å². The van der Waals surface area contributed by atoms with E-state index in [1.807, 2.05) is 28.3 Å². The first-order valence-electron chi connectivity index (χ1n) is 5.29. The minimum atomic E-state index is -0.802. The molecule has 2 heterocycles. The van der Waals surface area contributed by atoms with Crippen LogP contribution in [0.25, 0.3) is 10.7 Å². The van der Waals surface area contributed by atoms with E-state index in [1.54, 1.807) is 31.4 Å². The highest BCUT2D eigenvalue weighted by atomic mass is 32.1. The number of hydrogen-bond acceptors (Lipinski definition) is 3. The molecule has 0 aromatic carbocycles. The Bertz CT molecular complexity index is 514. The minimum Gasteiger partial charge on any atom is -0.481 e. The van der Waals surface area contributed by atoms with Crippen LogP contribution in [0.15, 0.2) is 29.9 Å². The second-order valence-electron chi connectivity index (χ2n) is 4.55. The number of aromatic nitrogens is 2. The fourth-order valence-corrected chi connectivity index (χ4v) is 2.30. The lowest BCUT2D eigenvalue weighted by Crippen LogP contribution is -2.29. The van der Waals surface area contributed by atoms with Gasteiger partial charge in [0.05, 0.1) is 10.3 Å². The molecule has 0 amide bonds. The third kappa shape index (κ3) is 2.39. The number of hydrogen-bond donors (Lipinski definition) is 1. The molecule has 0 aliphatic carbocycles. The Kier molecular flexibility index (Phi) is 3.02. The third-order valence-electron chi connectivity index (χ3n) is 2.60. The van der Waals surface area contributed by atoms with Gasteiger partial charge in [-0.05, 0) is 25.3 Å². The summed E-state index contributed by atoms with van der Waals surface area (Å²) in [7, 11) is 0. The van der Waals surface area contributed by atoms with Crippen molar-refractivity contribution < 1.29 is 9.90 Å². The summed E-state index contributed by atoms with van der Waals surface area (Å²) in [6.07, 6.45) is 3.52. The average molecular weight is 250 g/mol. The highest BCUT2D eigenvalue weighted by molar-refractivity contribution is 7.13. The van der Waals surface area contributed by atoms with E-state index in [1.165, 1.54) is 0 Å². The van der Waals surface area contributed by atoms with Crippen LogP contribution in [-0.2, 0) is 11.3 Å². The van der Waals surface area contributed by atoms with Crippen molar-refractivity contribution >= 4 is 17.3 Å². The van der Waals surface area contributed by atoms with Crippen LogP contribution in [0, 0.1) is 5.41 Å². The lowest BCUT2D eigenvalue weighted by atomic mass is 9.94. The van der Waals surface area contributed by atoms with Crippen molar-refractivity contribution in [1.82, 2.24) is 9.55 Å². The maximum Gasteiger partial charge on any atom is 0.310 e. The van der Waals surface area contributed by atoms with Crippen molar-refractivity contribution in [2.24, 2.45) is 5.41 Å². The van der Waals surface area contributed by atoms with Gasteiger partial charge in [-0.15, -0.1) is 11.3 Å². The highest BCUT2D eigenvalue weighted by Gasteiger charge is 2.28. The third-order valence-corrected chi connectivity index (χ3v) is 3.47. The normalized spacial score (nSPS) is 11.6. The summed E-state index contributed by atoms with van der Waals surface area (Å²) in [5.41, 5.74) is -0.799. The first-order valence-corrected chi connectivity index (χ1v) is 6.17. The van der Waals surface area contributed by atoms with E-state index in [9.17, 15) is 4.79 Å². The van der Waals surface area contributed by atoms with E-state index in [0.717, 1.165) is 10.7 Å². The molecule has 4 nitrogen and oxygen atoms in total. The van der Waals surface area contributed by atoms with E-state index < -0.39 is 11.4 Å². The Morgan fingerprint density at radius 3 is 2.94 bits per heavy atom. The molecule has 0 radical (unpaired) electrons. The maximum atomic E-state index is 11.1. The Labute approximate surface area is 104 Å². The molecule has 90 valence electrons. The largest absolute Gasteiger partial charge is 0.481 e. The summed E-state index contributed by atoms with van der Waals surface area (Å²) in [4.78, 5) is 16.4. The minimum absolute atomic E-state index is 0.412. The SMILES string of the molecule is CC(C)(Cn1ccnc1-c1cccs1)C(=O)O. The molecule has 0 spiro atoms. The molecule has 0 bridgehead atoms. The van der Waals surface area contributed by atoms with Crippen molar-refractivity contribution in [3.05, 3.63) is 29.9 Å². The number of imidazole rings is 1. The van der Waals surface area contributed by atoms with Gasteiger partial charge < -0.3 is 9.67 Å². The molecular weight excluding hydrogens is 236 g/mol. The van der Waals surface area contributed by atoms with Gasteiger partial charge in [0.2, 0.25) is 0 Å². The van der Waals surface area contributed by atoms with Crippen molar-refractivity contribution in [2.75, 3.05) is 0 Å². The van der Waals surface area contributed by atoms with Crippen LogP contribution in [-0.4, -0.2) is 20.6 Å². The zero-order chi connectivity index (χ0) is 12.5. The summed E-state index contributed by atoms with van der Waals surface area (Å²) >= 11 is 1.60. The Morgan fingerprint density at radius 1 is 1.59 bits per heavy atom. The number of nitrogens with zero attached hydrogens (tertiary/aromatic N) is 2. The van der Waals surface area contributed by atoms with E-state index in [0.29, 0.717) is 6.54 Å². The standard InChI is InChI=1S/C12H14N2O2S/c1-12(2,11(15)16)8-14-6-5-13-10(14)9-4-3-7-17-9/h3-7H,8H2,1-2H3,(H,15,16). The van der Waals surface area contributed by atoms with E-state index in [4.69, 9.17) is 5.11 Å². The number of aliphatic carboxylic acids is 1. The van der Waals surface area contributed by atoms with Gasteiger partial charge in [0, 0.05) is 18.9 Å². The molecule has 0 aliphatic rings. The first-order chi connectivity index (χ1) is 8.00. The van der Waals surface area contributed by atoms with Gasteiger partial charge in [0.15, 0.2) is 0 Å². The van der Waals surface area contributed by atoms with Gasteiger partial charge in [-0.3, -0.25) is 4.79 Å². The molecule has 5 heteroatoms. The van der Waals surface area contributed by atoms with Gasteiger partial charge in [0.25, 0.3) is 0 Å². The summed E-state index contributed by atoms with van der Waals surface area (Å²) in [5, 5.41) is 11.1. The van der Waals surface area contributed by atoms with Crippen LogP contribution in [0.4, 0.5) is 0 Å². The van der Waals surface area contributed by atoms with E-state index in [-0.39, 0.29) is 0 Å². The Hall–Kier alpha value is -1.62. The van der Waals surface area contributed by atoms with Gasteiger partial charge in [-0.25, -0.2) is 4.98 Å². The number of carbonyl (C=O) groups is 1. The van der Waals surface area contributed by atoms with Crippen LogP contribution in [0.1, 0.15) is 13.8 Å². The molecule has 0 aliphatic heterocycles. The second-order valence-corrected chi connectivity index (χ2v) is 5.49. The zero-order valence-corrected chi connectivity index (χ0v) is 10.6. The molecule has 2 aromatic rings. The molecule has 2 rings (SSSR count). The van der Waals surface area contributed by atoms with Crippen LogP contribution in [0.3, 0.4) is 0 Å². The zero-order valence-electron chi connectivity index (χ0n) is 9.75. The van der Waals surface area contributed by atoms with E-state index in [2.05, 4.69) is 4.98 Å². The molecule has 0 saturated carbocycles. The smallest absolute Gasteiger partial charge is 0.310 e. The van der Waals surface area contributed by atoms with Gasteiger partial charge in [0.1, 0.15) is 5.82 Å². The van der Waals surface area contributed by atoms with Gasteiger partial charge in [-0.1, -0.05) is 6.07 Å².